The molecule has 0 aliphatic heterocycles. The first-order valence-electron chi connectivity index (χ1n) is 12.5. The van der Waals surface area contributed by atoms with Crippen LogP contribution in [0.2, 0.25) is 0 Å². The van der Waals surface area contributed by atoms with Crippen LogP contribution in [0.5, 0.6) is 12.0 Å². The minimum absolute atomic E-state index is 0.0406. The van der Waals surface area contributed by atoms with E-state index >= 15 is 0 Å². The Morgan fingerprint density at radius 1 is 0.632 bits per heavy atom. The third kappa shape index (κ3) is 7.05. The van der Waals surface area contributed by atoms with Crippen LogP contribution >= 0.6 is 0 Å². The molecule has 0 unspecified atom stereocenters. The number of benzene rings is 2. The Morgan fingerprint density at radius 2 is 1.00 bits per heavy atom. The third-order valence-electron chi connectivity index (χ3n) is 5.62. The van der Waals surface area contributed by atoms with Crippen molar-refractivity contribution in [2.75, 3.05) is 37.1 Å². The molecule has 4 aromatic rings. The zero-order chi connectivity index (χ0) is 27.1. The van der Waals surface area contributed by atoms with Gasteiger partial charge in [-0.3, -0.25) is 0 Å². The number of fused-ring (bicyclic) bond motifs is 1. The molecule has 2 N–H and O–H groups in total. The van der Waals surface area contributed by atoms with Crippen LogP contribution in [0.4, 0.5) is 11.6 Å². The summed E-state index contributed by atoms with van der Waals surface area (Å²) >= 11 is 0. The number of aromatic nitrogens is 4. The first kappa shape index (κ1) is 27.0. The minimum atomic E-state index is -0.687. The normalized spacial score (nSPS) is 12.7. The van der Waals surface area contributed by atoms with Crippen LogP contribution in [-0.4, -0.2) is 69.7 Å². The second-order valence-electron chi connectivity index (χ2n) is 9.36. The van der Waals surface area contributed by atoms with Crippen molar-refractivity contribution in [1.29, 1.82) is 0 Å². The molecule has 0 amide bonds. The van der Waals surface area contributed by atoms with Gasteiger partial charge in [-0.2, -0.15) is 19.9 Å². The van der Waals surface area contributed by atoms with Crippen LogP contribution in [0.25, 0.3) is 11.0 Å². The standard InChI is InChI=1S/C28H34N6O4/c1-19(35)17-37-27-29-23-24(25(31-27)33(3)15-21-11-7-5-8-12-21)30-28(38-18-20(2)36)32-26(23)34(4)16-22-13-9-6-10-14-22/h5-14,19-20,35-36H,15-18H2,1-4H3/t19-,20-/m0/s1. The van der Waals surface area contributed by atoms with Gasteiger partial charge in [-0.25, -0.2) is 0 Å². The van der Waals surface area contributed by atoms with E-state index < -0.39 is 12.2 Å². The van der Waals surface area contributed by atoms with Crippen LogP contribution in [0.15, 0.2) is 60.7 Å². The highest BCUT2D eigenvalue weighted by molar-refractivity contribution is 5.93. The highest BCUT2D eigenvalue weighted by Crippen LogP contribution is 2.32. The van der Waals surface area contributed by atoms with Gasteiger partial charge in [0.2, 0.25) is 0 Å². The summed E-state index contributed by atoms with van der Waals surface area (Å²) in [6.07, 6.45) is -1.37. The summed E-state index contributed by atoms with van der Waals surface area (Å²) in [4.78, 5) is 22.5. The zero-order valence-electron chi connectivity index (χ0n) is 22.2. The van der Waals surface area contributed by atoms with Gasteiger partial charge in [0.1, 0.15) is 24.2 Å². The maximum absolute atomic E-state index is 9.79. The number of rotatable bonds is 12. The van der Waals surface area contributed by atoms with Crippen molar-refractivity contribution in [3.63, 3.8) is 0 Å². The van der Waals surface area contributed by atoms with Crippen molar-refractivity contribution in [2.24, 2.45) is 0 Å². The molecule has 2 heterocycles. The summed E-state index contributed by atoms with van der Waals surface area (Å²) in [7, 11) is 3.83. The molecule has 0 aliphatic rings. The number of aliphatic hydroxyl groups is 2. The van der Waals surface area contributed by atoms with Gasteiger partial charge < -0.3 is 29.5 Å². The Bertz CT molecular complexity index is 1220. The van der Waals surface area contributed by atoms with Gasteiger partial charge >= 0.3 is 12.0 Å². The SMILES string of the molecule is C[C@H](O)COc1nc(N(C)Cc2ccccc2)c2nc(OC[C@H](C)O)nc(N(C)Cc3ccccc3)c2n1. The van der Waals surface area contributed by atoms with Crippen molar-refractivity contribution >= 4 is 22.7 Å². The number of ether oxygens (including phenoxy) is 2. The maximum Gasteiger partial charge on any atom is 0.319 e. The largest absolute Gasteiger partial charge is 0.461 e. The molecular formula is C28H34N6O4. The van der Waals surface area contributed by atoms with E-state index in [4.69, 9.17) is 9.47 Å². The summed E-state index contributed by atoms with van der Waals surface area (Å²) in [5.41, 5.74) is 3.15. The lowest BCUT2D eigenvalue weighted by Gasteiger charge is -2.24. The minimum Gasteiger partial charge on any atom is -0.461 e. The molecule has 2 aromatic heterocycles. The number of aliphatic hydroxyl groups excluding tert-OH is 2. The molecule has 0 radical (unpaired) electrons. The highest BCUT2D eigenvalue weighted by Gasteiger charge is 2.22. The fourth-order valence-electron chi connectivity index (χ4n) is 3.86. The lowest BCUT2D eigenvalue weighted by atomic mass is 10.2. The number of nitrogens with zero attached hydrogens (tertiary/aromatic N) is 6. The van der Waals surface area contributed by atoms with Gasteiger partial charge in [0.25, 0.3) is 0 Å². The van der Waals surface area contributed by atoms with Gasteiger partial charge in [0.05, 0.1) is 12.2 Å². The van der Waals surface area contributed by atoms with Crippen molar-refractivity contribution in [1.82, 2.24) is 19.9 Å². The fourth-order valence-corrected chi connectivity index (χ4v) is 3.86. The average Bonchev–Trinajstić information content (AvgIpc) is 2.91. The van der Waals surface area contributed by atoms with Gasteiger partial charge in [0, 0.05) is 27.2 Å². The molecule has 38 heavy (non-hydrogen) atoms. The summed E-state index contributed by atoms with van der Waals surface area (Å²) in [6, 6.07) is 20.3. The third-order valence-corrected chi connectivity index (χ3v) is 5.62. The molecule has 4 rings (SSSR count). The van der Waals surface area contributed by atoms with E-state index in [0.29, 0.717) is 35.8 Å². The zero-order valence-corrected chi connectivity index (χ0v) is 22.2. The second kappa shape index (κ2) is 12.5. The quantitative estimate of drug-likeness (QED) is 0.289. The van der Waals surface area contributed by atoms with Gasteiger partial charge in [-0.1, -0.05) is 60.7 Å². The molecule has 200 valence electrons. The van der Waals surface area contributed by atoms with E-state index in [-0.39, 0.29) is 25.2 Å². The molecule has 0 saturated carbocycles. The van der Waals surface area contributed by atoms with Crippen LogP contribution in [-0.2, 0) is 13.1 Å². The predicted molar refractivity (Wildman–Crippen MR) is 147 cm³/mol. The van der Waals surface area contributed by atoms with Crippen molar-refractivity contribution in [2.45, 2.75) is 39.1 Å². The first-order chi connectivity index (χ1) is 18.3. The molecule has 0 aliphatic carbocycles. The lowest BCUT2D eigenvalue weighted by Crippen LogP contribution is -2.23. The Hall–Kier alpha value is -4.02. The highest BCUT2D eigenvalue weighted by atomic mass is 16.5. The second-order valence-corrected chi connectivity index (χ2v) is 9.36. The van der Waals surface area contributed by atoms with Gasteiger partial charge in [0.15, 0.2) is 11.6 Å². The summed E-state index contributed by atoms with van der Waals surface area (Å²) in [5.74, 6) is 1.05. The Balaban J connectivity index is 1.84. The Labute approximate surface area is 222 Å². The van der Waals surface area contributed by atoms with E-state index in [1.165, 1.54) is 0 Å². The molecule has 2 aromatic carbocycles. The molecular weight excluding hydrogens is 484 g/mol. The van der Waals surface area contributed by atoms with Crippen molar-refractivity contribution in [3.8, 4) is 12.0 Å². The van der Waals surface area contributed by atoms with Crippen LogP contribution in [0.1, 0.15) is 25.0 Å². The number of hydrogen-bond donors (Lipinski definition) is 2. The molecule has 0 fully saturated rings. The number of hydrogen-bond acceptors (Lipinski definition) is 10. The van der Waals surface area contributed by atoms with E-state index in [0.717, 1.165) is 11.1 Å². The van der Waals surface area contributed by atoms with E-state index in [9.17, 15) is 10.2 Å². The fraction of sp³-hybridized carbons (Fsp3) is 0.357. The summed E-state index contributed by atoms with van der Waals surface area (Å²) in [6.45, 7) is 4.48. The molecule has 10 heteroatoms. The smallest absolute Gasteiger partial charge is 0.319 e. The topological polar surface area (TPSA) is 117 Å². The van der Waals surface area contributed by atoms with Crippen LogP contribution in [0.3, 0.4) is 0 Å². The average molecular weight is 519 g/mol. The van der Waals surface area contributed by atoms with Crippen molar-refractivity contribution in [3.05, 3.63) is 71.8 Å². The van der Waals surface area contributed by atoms with E-state index in [1.54, 1.807) is 13.8 Å². The summed E-state index contributed by atoms with van der Waals surface area (Å²) in [5, 5.41) is 19.6. The Kier molecular flexibility index (Phi) is 8.88. The first-order valence-corrected chi connectivity index (χ1v) is 12.5. The molecule has 10 nitrogen and oxygen atoms in total. The van der Waals surface area contributed by atoms with Crippen LogP contribution < -0.4 is 19.3 Å². The van der Waals surface area contributed by atoms with Gasteiger partial charge in [-0.15, -0.1) is 0 Å². The molecule has 2 atom stereocenters. The Morgan fingerprint density at radius 3 is 1.34 bits per heavy atom. The van der Waals surface area contributed by atoms with Crippen LogP contribution in [0, 0.1) is 0 Å². The van der Waals surface area contributed by atoms with E-state index in [2.05, 4.69) is 19.9 Å². The maximum atomic E-state index is 9.79. The van der Waals surface area contributed by atoms with Crippen molar-refractivity contribution < 1.29 is 19.7 Å². The predicted octanol–water partition coefficient (Wildman–Crippen LogP) is 3.21. The number of anilines is 2. The summed E-state index contributed by atoms with van der Waals surface area (Å²) < 4.78 is 11.5. The molecule has 0 saturated heterocycles. The van der Waals surface area contributed by atoms with Gasteiger partial charge in [-0.05, 0) is 25.0 Å². The molecule has 0 spiro atoms. The van der Waals surface area contributed by atoms with E-state index in [1.807, 2.05) is 84.6 Å². The monoisotopic (exact) mass is 518 g/mol. The lowest BCUT2D eigenvalue weighted by molar-refractivity contribution is 0.116. The molecule has 0 bridgehead atoms.